The van der Waals surface area contributed by atoms with Gasteiger partial charge in [0.05, 0.1) is 19.2 Å². The first kappa shape index (κ1) is 25.7. The molecule has 0 radical (unpaired) electrons. The third-order valence-electron chi connectivity index (χ3n) is 6.67. The fourth-order valence-electron chi connectivity index (χ4n) is 4.83. The third kappa shape index (κ3) is 6.15. The van der Waals surface area contributed by atoms with Crippen molar-refractivity contribution >= 4 is 18.0 Å². The molecule has 1 unspecified atom stereocenters. The molecular formula is C30H28N4O5. The molecule has 0 fully saturated rings. The predicted octanol–water partition coefficient (Wildman–Crippen LogP) is 3.93. The molecule has 3 aromatic carbocycles. The van der Waals surface area contributed by atoms with Crippen LogP contribution in [0.3, 0.4) is 0 Å². The Morgan fingerprint density at radius 2 is 1.54 bits per heavy atom. The Balaban J connectivity index is 1.17. The van der Waals surface area contributed by atoms with Gasteiger partial charge in [0.1, 0.15) is 12.6 Å². The Labute approximate surface area is 225 Å². The maximum Gasteiger partial charge on any atom is 0.407 e. The van der Waals surface area contributed by atoms with Crippen LogP contribution in [0.15, 0.2) is 91.3 Å². The average Bonchev–Trinajstić information content (AvgIpc) is 3.52. The first-order chi connectivity index (χ1) is 19.0. The summed E-state index contributed by atoms with van der Waals surface area (Å²) < 4.78 is 7.24. The molecule has 4 aromatic rings. The molecule has 1 atom stereocenters. The monoisotopic (exact) mass is 524 g/mol. The van der Waals surface area contributed by atoms with E-state index in [9.17, 15) is 19.5 Å². The number of nitrogens with zero attached hydrogens (tertiary/aromatic N) is 2. The van der Waals surface area contributed by atoms with Crippen molar-refractivity contribution in [2.24, 2.45) is 0 Å². The number of hydrogen-bond acceptors (Lipinski definition) is 5. The van der Waals surface area contributed by atoms with E-state index in [1.165, 1.54) is 0 Å². The van der Waals surface area contributed by atoms with Crippen molar-refractivity contribution < 1.29 is 24.2 Å². The molecule has 3 N–H and O–H groups in total. The molecule has 0 aliphatic heterocycles. The van der Waals surface area contributed by atoms with E-state index in [1.54, 1.807) is 17.1 Å². The standard InChI is InChI=1S/C30H28N4O5/c35-28(36)14-27(29(37)31-15-21-16-32-34(18-21)17-20-8-2-1-3-9-20)33-30(38)39-19-26-24-12-6-4-10-22(24)23-11-5-7-13-25(23)26/h1-13,16,18,26-27H,14-15,17,19H2,(H,31,37)(H,33,38)(H,35,36). The molecule has 1 aromatic heterocycles. The molecule has 0 bridgehead atoms. The fourth-order valence-corrected chi connectivity index (χ4v) is 4.83. The number of aromatic nitrogens is 2. The fraction of sp³-hybridized carbons (Fsp3) is 0.200. The normalized spacial score (nSPS) is 12.7. The van der Waals surface area contributed by atoms with Crippen molar-refractivity contribution in [3.63, 3.8) is 0 Å². The lowest BCUT2D eigenvalue weighted by Gasteiger charge is -2.18. The lowest BCUT2D eigenvalue weighted by molar-refractivity contribution is -0.139. The van der Waals surface area contributed by atoms with E-state index in [0.29, 0.717) is 6.54 Å². The highest BCUT2D eigenvalue weighted by atomic mass is 16.5. The Hall–Kier alpha value is -4.92. The van der Waals surface area contributed by atoms with Crippen LogP contribution in [-0.4, -0.2) is 45.5 Å². The number of carboxylic acid groups (broad SMARTS) is 1. The van der Waals surface area contributed by atoms with E-state index < -0.39 is 30.4 Å². The van der Waals surface area contributed by atoms with Gasteiger partial charge in [0.15, 0.2) is 0 Å². The van der Waals surface area contributed by atoms with Gasteiger partial charge in [-0.2, -0.15) is 5.10 Å². The largest absolute Gasteiger partial charge is 0.481 e. The van der Waals surface area contributed by atoms with Gasteiger partial charge in [0.25, 0.3) is 0 Å². The molecule has 1 aliphatic carbocycles. The summed E-state index contributed by atoms with van der Waals surface area (Å²) in [5, 5.41) is 18.7. The van der Waals surface area contributed by atoms with Crippen LogP contribution >= 0.6 is 0 Å². The summed E-state index contributed by atoms with van der Waals surface area (Å²) in [5.41, 5.74) is 6.13. The number of ether oxygens (including phenoxy) is 1. The molecule has 9 nitrogen and oxygen atoms in total. The van der Waals surface area contributed by atoms with Crippen LogP contribution in [0.2, 0.25) is 0 Å². The lowest BCUT2D eigenvalue weighted by Crippen LogP contribution is -2.48. The second-order valence-corrected chi connectivity index (χ2v) is 9.37. The number of amides is 2. The van der Waals surface area contributed by atoms with Gasteiger partial charge in [0, 0.05) is 24.2 Å². The van der Waals surface area contributed by atoms with Gasteiger partial charge in [-0.1, -0.05) is 78.9 Å². The second-order valence-electron chi connectivity index (χ2n) is 9.37. The van der Waals surface area contributed by atoms with Crippen molar-refractivity contribution in [1.29, 1.82) is 0 Å². The van der Waals surface area contributed by atoms with Gasteiger partial charge in [-0.3, -0.25) is 14.3 Å². The summed E-state index contributed by atoms with van der Waals surface area (Å²) in [7, 11) is 0. The quantitative estimate of drug-likeness (QED) is 0.289. The van der Waals surface area contributed by atoms with E-state index in [1.807, 2.05) is 78.9 Å². The van der Waals surface area contributed by atoms with E-state index in [-0.39, 0.29) is 19.1 Å². The minimum atomic E-state index is -1.29. The summed E-state index contributed by atoms with van der Waals surface area (Å²) >= 11 is 0. The molecule has 0 saturated carbocycles. The van der Waals surface area contributed by atoms with Crippen molar-refractivity contribution in [3.8, 4) is 11.1 Å². The predicted molar refractivity (Wildman–Crippen MR) is 144 cm³/mol. The van der Waals surface area contributed by atoms with Crippen LogP contribution in [0.4, 0.5) is 4.79 Å². The number of carbonyl (C=O) groups is 3. The van der Waals surface area contributed by atoms with Crippen molar-refractivity contribution in [3.05, 3.63) is 114 Å². The summed E-state index contributed by atoms with van der Waals surface area (Å²) in [4.78, 5) is 36.9. The highest BCUT2D eigenvalue weighted by Gasteiger charge is 2.30. The zero-order valence-electron chi connectivity index (χ0n) is 21.1. The maximum atomic E-state index is 12.8. The number of benzene rings is 3. The summed E-state index contributed by atoms with van der Waals surface area (Å²) in [5.74, 6) is -1.99. The van der Waals surface area contributed by atoms with Crippen molar-refractivity contribution in [2.45, 2.75) is 31.5 Å². The van der Waals surface area contributed by atoms with Crippen LogP contribution < -0.4 is 10.6 Å². The zero-order valence-corrected chi connectivity index (χ0v) is 21.1. The molecule has 2 amide bonds. The van der Waals surface area contributed by atoms with Crippen molar-refractivity contribution in [2.75, 3.05) is 6.61 Å². The van der Waals surface area contributed by atoms with Crippen LogP contribution in [0.25, 0.3) is 11.1 Å². The van der Waals surface area contributed by atoms with Gasteiger partial charge >= 0.3 is 12.1 Å². The number of aliphatic carboxylic acids is 1. The molecule has 9 heteroatoms. The minimum absolute atomic E-state index is 0.0574. The maximum absolute atomic E-state index is 12.8. The van der Waals surface area contributed by atoms with E-state index in [4.69, 9.17) is 4.74 Å². The van der Waals surface area contributed by atoms with Gasteiger partial charge in [-0.25, -0.2) is 4.79 Å². The lowest BCUT2D eigenvalue weighted by atomic mass is 9.98. The first-order valence-corrected chi connectivity index (χ1v) is 12.6. The van der Waals surface area contributed by atoms with E-state index >= 15 is 0 Å². The number of rotatable bonds is 10. The summed E-state index contributed by atoms with van der Waals surface area (Å²) in [6.45, 7) is 0.776. The van der Waals surface area contributed by atoms with Gasteiger partial charge in [-0.05, 0) is 27.8 Å². The zero-order chi connectivity index (χ0) is 27.2. The minimum Gasteiger partial charge on any atom is -0.481 e. The molecular weight excluding hydrogens is 496 g/mol. The SMILES string of the molecule is O=C(O)CC(NC(=O)OCC1c2ccccc2-c2ccccc21)C(=O)NCc1cnn(Cc2ccccc2)c1. The van der Waals surface area contributed by atoms with Crippen LogP contribution in [0.1, 0.15) is 34.6 Å². The van der Waals surface area contributed by atoms with Crippen LogP contribution in [0.5, 0.6) is 0 Å². The number of hydrogen-bond donors (Lipinski definition) is 3. The Bertz CT molecular complexity index is 1440. The summed E-state index contributed by atoms with van der Waals surface area (Å²) in [6.07, 6.45) is 2.00. The first-order valence-electron chi connectivity index (χ1n) is 12.6. The molecule has 39 heavy (non-hydrogen) atoms. The van der Waals surface area contributed by atoms with Gasteiger partial charge in [0.2, 0.25) is 5.91 Å². The third-order valence-corrected chi connectivity index (χ3v) is 6.67. The summed E-state index contributed by atoms with van der Waals surface area (Å²) in [6, 6.07) is 24.4. The number of nitrogens with one attached hydrogen (secondary N) is 2. The van der Waals surface area contributed by atoms with Gasteiger partial charge < -0.3 is 20.5 Å². The van der Waals surface area contributed by atoms with Crippen LogP contribution in [-0.2, 0) is 27.4 Å². The highest BCUT2D eigenvalue weighted by Crippen LogP contribution is 2.44. The molecule has 1 aliphatic rings. The number of alkyl carbamates (subject to hydrolysis) is 1. The number of carboxylic acids is 1. The topological polar surface area (TPSA) is 123 Å². The van der Waals surface area contributed by atoms with E-state index in [0.717, 1.165) is 33.4 Å². The molecule has 0 saturated heterocycles. The molecule has 198 valence electrons. The Morgan fingerprint density at radius 1 is 0.897 bits per heavy atom. The smallest absolute Gasteiger partial charge is 0.407 e. The Morgan fingerprint density at radius 3 is 2.21 bits per heavy atom. The van der Waals surface area contributed by atoms with Crippen molar-refractivity contribution in [1.82, 2.24) is 20.4 Å². The average molecular weight is 525 g/mol. The number of fused-ring (bicyclic) bond motifs is 3. The Kier molecular flexibility index (Phi) is 7.68. The molecule has 1 heterocycles. The second kappa shape index (κ2) is 11.6. The molecule has 5 rings (SSSR count). The van der Waals surface area contributed by atoms with E-state index in [2.05, 4.69) is 15.7 Å². The molecule has 0 spiro atoms. The highest BCUT2D eigenvalue weighted by molar-refractivity contribution is 5.89. The van der Waals surface area contributed by atoms with Crippen LogP contribution in [0, 0.1) is 0 Å². The van der Waals surface area contributed by atoms with Gasteiger partial charge in [-0.15, -0.1) is 0 Å². The number of carbonyl (C=O) groups excluding carboxylic acids is 2.